The van der Waals surface area contributed by atoms with Gasteiger partial charge in [0.15, 0.2) is 0 Å². The maximum absolute atomic E-state index is 13.7. The first-order valence-corrected chi connectivity index (χ1v) is 10.5. The van der Waals surface area contributed by atoms with Gasteiger partial charge in [-0.1, -0.05) is 18.9 Å². The van der Waals surface area contributed by atoms with Gasteiger partial charge in [0, 0.05) is 0 Å². The Morgan fingerprint density at radius 2 is 1.36 bits per heavy atom. The summed E-state index contributed by atoms with van der Waals surface area (Å²) < 4.78 is 65.4. The van der Waals surface area contributed by atoms with Gasteiger partial charge in [-0.3, -0.25) is 0 Å². The number of alkyl halides is 3. The summed E-state index contributed by atoms with van der Waals surface area (Å²) >= 11 is 0. The van der Waals surface area contributed by atoms with Gasteiger partial charge in [0.25, 0.3) is 0 Å². The maximum Gasteiger partial charge on any atom is 0.422 e. The highest BCUT2D eigenvalue weighted by molar-refractivity contribution is 5.28. The van der Waals surface area contributed by atoms with E-state index in [0.29, 0.717) is 23.8 Å². The third kappa shape index (κ3) is 5.15. The highest BCUT2D eigenvalue weighted by Gasteiger charge is 2.38. The van der Waals surface area contributed by atoms with Crippen LogP contribution in [-0.4, -0.2) is 0 Å². The lowest BCUT2D eigenvalue weighted by atomic mass is 9.68. The summed E-state index contributed by atoms with van der Waals surface area (Å²) in [5.41, 5.74) is -1.48. The van der Waals surface area contributed by atoms with Crippen LogP contribution in [0.4, 0.5) is 22.0 Å². The molecule has 0 spiro atoms. The Kier molecular flexibility index (Phi) is 6.82. The van der Waals surface area contributed by atoms with Crippen LogP contribution in [0, 0.1) is 35.3 Å². The van der Waals surface area contributed by atoms with Crippen molar-refractivity contribution in [2.45, 2.75) is 70.4 Å². The predicted octanol–water partition coefficient (Wildman–Crippen LogP) is 7.72. The van der Waals surface area contributed by atoms with Gasteiger partial charge in [-0.2, -0.15) is 13.2 Å². The molecule has 2 saturated carbocycles. The van der Waals surface area contributed by atoms with E-state index in [-0.39, 0.29) is 0 Å². The maximum atomic E-state index is 13.7. The van der Waals surface area contributed by atoms with Gasteiger partial charge in [0.05, 0.1) is 0 Å². The number of hydrogen-bond acceptors (Lipinski definition) is 0. The Hall–Kier alpha value is -1.39. The first-order chi connectivity index (χ1) is 13.3. The third-order valence-corrected chi connectivity index (χ3v) is 6.93. The summed E-state index contributed by atoms with van der Waals surface area (Å²) in [7, 11) is 0. The van der Waals surface area contributed by atoms with Gasteiger partial charge >= 0.3 is 6.18 Å². The summed E-state index contributed by atoms with van der Waals surface area (Å²) in [5, 5.41) is 0. The quantitative estimate of drug-likeness (QED) is 0.351. The van der Waals surface area contributed by atoms with Gasteiger partial charge in [-0.05, 0) is 92.7 Å². The van der Waals surface area contributed by atoms with Crippen molar-refractivity contribution in [2.24, 2.45) is 23.7 Å². The van der Waals surface area contributed by atoms with E-state index in [9.17, 15) is 22.0 Å². The first-order valence-electron chi connectivity index (χ1n) is 10.5. The normalized spacial score (nSPS) is 28.9. The number of aryl methyl sites for hydroxylation is 1. The van der Waals surface area contributed by atoms with Crippen molar-refractivity contribution in [1.29, 1.82) is 0 Å². The van der Waals surface area contributed by atoms with E-state index >= 15 is 0 Å². The Bertz CT molecular complexity index is 639. The van der Waals surface area contributed by atoms with Gasteiger partial charge < -0.3 is 0 Å². The smallest absolute Gasteiger partial charge is 0.206 e. The number of hydrogen-bond donors (Lipinski definition) is 0. The van der Waals surface area contributed by atoms with Crippen LogP contribution in [-0.2, 0) is 12.6 Å². The van der Waals surface area contributed by atoms with E-state index in [1.807, 2.05) is 0 Å². The second-order valence-electron chi connectivity index (χ2n) is 8.66. The average molecular weight is 400 g/mol. The van der Waals surface area contributed by atoms with Crippen molar-refractivity contribution < 1.29 is 22.0 Å². The van der Waals surface area contributed by atoms with Gasteiger partial charge in [0.1, 0.15) is 17.2 Å². The molecule has 0 nitrogen and oxygen atoms in total. The molecule has 0 bridgehead atoms. The van der Waals surface area contributed by atoms with Gasteiger partial charge in [-0.25, -0.2) is 8.78 Å². The molecule has 1 aromatic rings. The fraction of sp³-hybridized carbons (Fsp3) is 0.652. The minimum absolute atomic E-state index is 0.313. The molecular formula is C23H29F5. The van der Waals surface area contributed by atoms with E-state index in [2.05, 4.69) is 12.7 Å². The van der Waals surface area contributed by atoms with Crippen molar-refractivity contribution >= 4 is 0 Å². The summed E-state index contributed by atoms with van der Waals surface area (Å²) in [6.07, 6.45) is 7.97. The van der Waals surface area contributed by atoms with Crippen molar-refractivity contribution in [3.8, 4) is 0 Å². The zero-order valence-corrected chi connectivity index (χ0v) is 16.2. The molecular weight excluding hydrogens is 371 g/mol. The topological polar surface area (TPSA) is 0 Å². The summed E-state index contributed by atoms with van der Waals surface area (Å²) in [6, 6.07) is 1.69. The Morgan fingerprint density at radius 1 is 0.857 bits per heavy atom. The Morgan fingerprint density at radius 3 is 1.82 bits per heavy atom. The van der Waals surface area contributed by atoms with Crippen LogP contribution >= 0.6 is 0 Å². The molecule has 156 valence electrons. The molecule has 0 aromatic heterocycles. The number of benzene rings is 1. The molecule has 0 N–H and O–H groups in total. The SMILES string of the molecule is C=C[C@H]1CC[C@H]([C@H]2CC[C@H](CCc3cc(F)c(C(F)(F)F)c(F)c3)CC2)CC1. The third-order valence-electron chi connectivity index (χ3n) is 6.93. The van der Waals surface area contributed by atoms with Crippen LogP contribution in [0.25, 0.3) is 0 Å². The van der Waals surface area contributed by atoms with Crippen LogP contribution in [0.15, 0.2) is 24.8 Å². The number of allylic oxidation sites excluding steroid dienone is 1. The molecule has 28 heavy (non-hydrogen) atoms. The van der Waals surface area contributed by atoms with Crippen molar-refractivity contribution in [3.05, 3.63) is 47.5 Å². The van der Waals surface area contributed by atoms with Crippen molar-refractivity contribution in [3.63, 3.8) is 0 Å². The molecule has 0 unspecified atom stereocenters. The van der Waals surface area contributed by atoms with Crippen molar-refractivity contribution in [2.75, 3.05) is 0 Å². The lowest BCUT2D eigenvalue weighted by Gasteiger charge is -2.37. The predicted molar refractivity (Wildman–Crippen MR) is 101 cm³/mol. The van der Waals surface area contributed by atoms with E-state index in [1.165, 1.54) is 38.5 Å². The Balaban J connectivity index is 1.48. The van der Waals surface area contributed by atoms with Crippen LogP contribution in [0.2, 0.25) is 0 Å². The van der Waals surface area contributed by atoms with Crippen LogP contribution in [0.1, 0.15) is 68.9 Å². The molecule has 0 heterocycles. The largest absolute Gasteiger partial charge is 0.422 e. The second-order valence-corrected chi connectivity index (χ2v) is 8.66. The molecule has 2 fully saturated rings. The molecule has 2 aliphatic rings. The molecule has 1 aromatic carbocycles. The van der Waals surface area contributed by atoms with Crippen LogP contribution in [0.3, 0.4) is 0 Å². The monoisotopic (exact) mass is 400 g/mol. The molecule has 0 radical (unpaired) electrons. The highest BCUT2D eigenvalue weighted by atomic mass is 19.4. The van der Waals surface area contributed by atoms with E-state index in [1.54, 1.807) is 0 Å². The minimum Gasteiger partial charge on any atom is -0.206 e. The zero-order valence-electron chi connectivity index (χ0n) is 16.2. The summed E-state index contributed by atoms with van der Waals surface area (Å²) in [5.74, 6) is -0.257. The summed E-state index contributed by atoms with van der Waals surface area (Å²) in [4.78, 5) is 0. The number of rotatable bonds is 5. The second kappa shape index (κ2) is 8.96. The van der Waals surface area contributed by atoms with E-state index < -0.39 is 23.4 Å². The van der Waals surface area contributed by atoms with Crippen molar-refractivity contribution in [1.82, 2.24) is 0 Å². The standard InChI is InChI=1S/C23H29F5/c1-2-15-5-9-18(10-6-15)19-11-7-16(8-12-19)3-4-17-13-20(24)22(21(25)14-17)23(26,27)28/h2,13-16,18-19H,1,3-12H2/t15-,16-,18-,19-. The summed E-state index contributed by atoms with van der Waals surface area (Å²) in [6.45, 7) is 3.90. The molecule has 0 saturated heterocycles. The molecule has 0 amide bonds. The van der Waals surface area contributed by atoms with Crippen LogP contribution in [0.5, 0.6) is 0 Å². The molecule has 3 rings (SSSR count). The lowest BCUT2D eigenvalue weighted by molar-refractivity contribution is -0.142. The molecule has 0 aliphatic heterocycles. The van der Waals surface area contributed by atoms with Crippen LogP contribution < -0.4 is 0 Å². The van der Waals surface area contributed by atoms with Gasteiger partial charge in [0.2, 0.25) is 0 Å². The van der Waals surface area contributed by atoms with Gasteiger partial charge in [-0.15, -0.1) is 6.58 Å². The fourth-order valence-corrected chi connectivity index (χ4v) is 5.21. The Labute approximate surface area is 164 Å². The van der Waals surface area contributed by atoms with E-state index in [0.717, 1.165) is 43.2 Å². The lowest BCUT2D eigenvalue weighted by Crippen LogP contribution is -2.25. The fourth-order valence-electron chi connectivity index (χ4n) is 5.21. The number of halogens is 5. The molecule has 5 heteroatoms. The molecule has 0 atom stereocenters. The van der Waals surface area contributed by atoms with E-state index in [4.69, 9.17) is 0 Å². The zero-order chi connectivity index (χ0) is 20.3. The minimum atomic E-state index is -5.00. The average Bonchev–Trinajstić information content (AvgIpc) is 2.65. The molecule has 2 aliphatic carbocycles. The highest BCUT2D eigenvalue weighted by Crippen LogP contribution is 2.42. The first kappa shape index (κ1) is 21.3.